The summed E-state index contributed by atoms with van der Waals surface area (Å²) in [6.07, 6.45) is 2.93. The van der Waals surface area contributed by atoms with Gasteiger partial charge in [-0.05, 0) is 25.4 Å². The molecule has 0 radical (unpaired) electrons. The number of nitrogens with one attached hydrogen (secondary N) is 1. The molecule has 0 aromatic rings. The topological polar surface area (TPSA) is 84.6 Å². The van der Waals surface area contributed by atoms with Crippen LogP contribution in [0, 0.1) is 0 Å². The van der Waals surface area contributed by atoms with Crippen molar-refractivity contribution in [1.82, 2.24) is 5.32 Å². The Bertz CT molecular complexity index is 265. The molecule has 5 nitrogen and oxygen atoms in total. The molecule has 1 heterocycles. The summed E-state index contributed by atoms with van der Waals surface area (Å²) in [5.41, 5.74) is 4.78. The predicted octanol–water partition coefficient (Wildman–Crippen LogP) is -0.277. The summed E-state index contributed by atoms with van der Waals surface area (Å²) in [6.45, 7) is 2.55. The maximum absolute atomic E-state index is 11.7. The highest BCUT2D eigenvalue weighted by atomic mass is 32.2. The van der Waals surface area contributed by atoms with E-state index in [-0.39, 0.29) is 18.6 Å². The summed E-state index contributed by atoms with van der Waals surface area (Å²) in [7, 11) is 0. The third kappa shape index (κ3) is 4.13. The Labute approximate surface area is 106 Å². The van der Waals surface area contributed by atoms with E-state index in [0.717, 1.165) is 5.75 Å². The van der Waals surface area contributed by atoms with Gasteiger partial charge in [0.25, 0.3) is 0 Å². The molecule has 2 unspecified atom stereocenters. The van der Waals surface area contributed by atoms with Crippen molar-refractivity contribution in [2.75, 3.05) is 25.2 Å². The zero-order chi connectivity index (χ0) is 12.9. The minimum absolute atomic E-state index is 0.202. The number of thioether (sulfide) groups is 1. The minimum Gasteiger partial charge on any atom is -0.385 e. The second-order valence-electron chi connectivity index (χ2n) is 4.47. The van der Waals surface area contributed by atoms with E-state index in [9.17, 15) is 9.90 Å². The molecule has 6 heteroatoms. The highest BCUT2D eigenvalue weighted by Crippen LogP contribution is 2.24. The van der Waals surface area contributed by atoms with Gasteiger partial charge in [0.05, 0.1) is 12.1 Å². The van der Waals surface area contributed by atoms with Gasteiger partial charge in [-0.25, -0.2) is 0 Å². The monoisotopic (exact) mass is 262 g/mol. The largest absolute Gasteiger partial charge is 0.385 e. The number of ether oxygens (including phenoxy) is 1. The second kappa shape index (κ2) is 6.58. The molecule has 1 rings (SSSR count). The molecule has 1 amide bonds. The second-order valence-corrected chi connectivity index (χ2v) is 5.46. The van der Waals surface area contributed by atoms with Gasteiger partial charge in [-0.2, -0.15) is 11.8 Å². The van der Waals surface area contributed by atoms with E-state index in [2.05, 4.69) is 5.32 Å². The van der Waals surface area contributed by atoms with Crippen molar-refractivity contribution in [3.8, 4) is 0 Å². The average molecular weight is 262 g/mol. The van der Waals surface area contributed by atoms with Crippen LogP contribution in [-0.4, -0.2) is 53.9 Å². The first-order valence-electron chi connectivity index (χ1n) is 5.86. The number of hydrogen-bond acceptors (Lipinski definition) is 5. The van der Waals surface area contributed by atoms with Gasteiger partial charge in [-0.3, -0.25) is 4.79 Å². The van der Waals surface area contributed by atoms with Crippen molar-refractivity contribution in [2.24, 2.45) is 5.73 Å². The van der Waals surface area contributed by atoms with Crippen LogP contribution in [0.3, 0.4) is 0 Å². The van der Waals surface area contributed by atoms with Crippen LogP contribution in [-0.2, 0) is 9.53 Å². The molecule has 1 aliphatic heterocycles. The third-order valence-electron chi connectivity index (χ3n) is 3.20. The average Bonchev–Trinajstić information content (AvgIpc) is 2.64. The van der Waals surface area contributed by atoms with Crippen LogP contribution in [0.15, 0.2) is 0 Å². The number of aliphatic hydroxyl groups is 1. The van der Waals surface area contributed by atoms with Gasteiger partial charge in [-0.15, -0.1) is 0 Å². The molecule has 17 heavy (non-hydrogen) atoms. The van der Waals surface area contributed by atoms with E-state index < -0.39 is 11.6 Å². The first kappa shape index (κ1) is 14.8. The summed E-state index contributed by atoms with van der Waals surface area (Å²) in [6, 6.07) is -0.497. The molecule has 4 N–H and O–H groups in total. The van der Waals surface area contributed by atoms with Gasteiger partial charge in [-0.1, -0.05) is 0 Å². The van der Waals surface area contributed by atoms with Crippen molar-refractivity contribution in [1.29, 1.82) is 0 Å². The van der Waals surface area contributed by atoms with E-state index in [0.29, 0.717) is 19.4 Å². The van der Waals surface area contributed by atoms with E-state index >= 15 is 0 Å². The third-order valence-corrected chi connectivity index (χ3v) is 3.84. The molecule has 0 aromatic carbocycles. The molecule has 1 saturated heterocycles. The van der Waals surface area contributed by atoms with Crippen LogP contribution >= 0.6 is 11.8 Å². The number of rotatable bonds is 6. The van der Waals surface area contributed by atoms with Gasteiger partial charge >= 0.3 is 0 Å². The zero-order valence-electron chi connectivity index (χ0n) is 10.4. The SMILES string of the molecule is CSCC[C@@H](N)C(=O)NCC1(O)CCOC1C. The lowest BCUT2D eigenvalue weighted by molar-refractivity contribution is -0.124. The van der Waals surface area contributed by atoms with Crippen molar-refractivity contribution >= 4 is 17.7 Å². The highest BCUT2D eigenvalue weighted by Gasteiger charge is 2.39. The van der Waals surface area contributed by atoms with Gasteiger partial charge in [0.1, 0.15) is 5.60 Å². The van der Waals surface area contributed by atoms with Crippen LogP contribution in [0.4, 0.5) is 0 Å². The minimum atomic E-state index is -0.950. The smallest absolute Gasteiger partial charge is 0.237 e. The number of amides is 1. The molecule has 0 saturated carbocycles. The molecule has 100 valence electrons. The lowest BCUT2D eigenvalue weighted by Crippen LogP contribution is -2.51. The van der Waals surface area contributed by atoms with Gasteiger partial charge < -0.3 is 20.9 Å². The lowest BCUT2D eigenvalue weighted by Gasteiger charge is -2.26. The summed E-state index contributed by atoms with van der Waals surface area (Å²) in [5.74, 6) is 0.657. The van der Waals surface area contributed by atoms with Crippen LogP contribution in [0.2, 0.25) is 0 Å². The maximum atomic E-state index is 11.7. The normalized spacial score (nSPS) is 30.2. The predicted molar refractivity (Wildman–Crippen MR) is 69.0 cm³/mol. The fourth-order valence-corrected chi connectivity index (χ4v) is 2.24. The van der Waals surface area contributed by atoms with Crippen LogP contribution < -0.4 is 11.1 Å². The van der Waals surface area contributed by atoms with Crippen molar-refractivity contribution < 1.29 is 14.6 Å². The lowest BCUT2D eigenvalue weighted by atomic mass is 9.96. The molecule has 0 bridgehead atoms. The van der Waals surface area contributed by atoms with Crippen molar-refractivity contribution in [2.45, 2.75) is 37.5 Å². The van der Waals surface area contributed by atoms with Gasteiger partial charge in [0.2, 0.25) is 5.91 Å². The number of nitrogens with two attached hydrogens (primary N) is 1. The summed E-state index contributed by atoms with van der Waals surface area (Å²) in [4.78, 5) is 11.7. The Hall–Kier alpha value is -0.300. The van der Waals surface area contributed by atoms with E-state index in [1.54, 1.807) is 11.8 Å². The quantitative estimate of drug-likeness (QED) is 0.613. The number of carbonyl (C=O) groups excluding carboxylic acids is 1. The van der Waals surface area contributed by atoms with Crippen LogP contribution in [0.1, 0.15) is 19.8 Å². The molecule has 0 aliphatic carbocycles. The number of hydrogen-bond donors (Lipinski definition) is 3. The Morgan fingerprint density at radius 1 is 1.76 bits per heavy atom. The van der Waals surface area contributed by atoms with E-state index in [1.807, 2.05) is 13.2 Å². The standard InChI is InChI=1S/C11H22N2O3S/c1-8-11(15,4-5-16-8)7-13-10(14)9(12)3-6-17-2/h8-9,15H,3-7,12H2,1-2H3,(H,13,14)/t8?,9-,11?/m1/s1. The van der Waals surface area contributed by atoms with Crippen molar-refractivity contribution in [3.63, 3.8) is 0 Å². The summed E-state index contributed by atoms with van der Waals surface area (Å²) in [5, 5.41) is 12.9. The zero-order valence-corrected chi connectivity index (χ0v) is 11.3. The Morgan fingerprint density at radius 2 is 2.47 bits per heavy atom. The van der Waals surface area contributed by atoms with Gasteiger partial charge in [0.15, 0.2) is 0 Å². The van der Waals surface area contributed by atoms with Crippen LogP contribution in [0.25, 0.3) is 0 Å². The number of carbonyl (C=O) groups is 1. The molecule has 0 spiro atoms. The Balaban J connectivity index is 2.32. The molecule has 1 fully saturated rings. The summed E-state index contributed by atoms with van der Waals surface area (Å²) >= 11 is 1.66. The molecular formula is C11H22N2O3S. The van der Waals surface area contributed by atoms with E-state index in [1.165, 1.54) is 0 Å². The maximum Gasteiger partial charge on any atom is 0.237 e. The highest BCUT2D eigenvalue weighted by molar-refractivity contribution is 7.98. The molecule has 1 aliphatic rings. The molecular weight excluding hydrogens is 240 g/mol. The van der Waals surface area contributed by atoms with Gasteiger partial charge in [0, 0.05) is 19.6 Å². The van der Waals surface area contributed by atoms with Crippen molar-refractivity contribution in [3.05, 3.63) is 0 Å². The fraction of sp³-hybridized carbons (Fsp3) is 0.909. The first-order chi connectivity index (χ1) is 7.99. The molecule has 3 atom stereocenters. The fourth-order valence-electron chi connectivity index (χ4n) is 1.75. The van der Waals surface area contributed by atoms with E-state index in [4.69, 9.17) is 10.5 Å². The Morgan fingerprint density at radius 3 is 3.00 bits per heavy atom. The summed E-state index contributed by atoms with van der Waals surface area (Å²) < 4.78 is 5.29. The van der Waals surface area contributed by atoms with Crippen LogP contribution in [0.5, 0.6) is 0 Å². The Kier molecular flexibility index (Phi) is 5.72. The first-order valence-corrected chi connectivity index (χ1v) is 7.25. The molecule has 0 aromatic heterocycles.